The highest BCUT2D eigenvalue weighted by atomic mass is 19.4. The van der Waals surface area contributed by atoms with E-state index in [0.29, 0.717) is 39.2 Å². The van der Waals surface area contributed by atoms with E-state index in [0.717, 1.165) is 59.6 Å². The van der Waals surface area contributed by atoms with Crippen molar-refractivity contribution in [2.24, 2.45) is 11.8 Å². The van der Waals surface area contributed by atoms with Gasteiger partial charge >= 0.3 is 6.18 Å². The topological polar surface area (TPSA) is 104 Å². The number of ether oxygens (including phenoxy) is 1. The van der Waals surface area contributed by atoms with Crippen LogP contribution in [0.1, 0.15) is 44.6 Å². The van der Waals surface area contributed by atoms with Crippen molar-refractivity contribution in [3.05, 3.63) is 48.4 Å². The number of rotatable bonds is 8. The van der Waals surface area contributed by atoms with Gasteiger partial charge in [-0.3, -0.25) is 9.59 Å². The van der Waals surface area contributed by atoms with Crippen LogP contribution < -0.4 is 9.80 Å². The average Bonchev–Trinajstić information content (AvgIpc) is 3.90. The SMILES string of the molecule is C[C@@H]1CCN(C(=O)CC(F)(F)F)CC1N(C)C1=CCN(C[C@@H]2CCN(C(=O)C3CCCO3)CC2N(C)c2ccnc3[nH]ccc23)c2[nH]ccc21. The second-order valence-electron chi connectivity index (χ2n) is 14.4. The Bertz CT molecular complexity index is 1720. The molecule has 4 aliphatic heterocycles. The normalized spacial score (nSPS) is 25.8. The zero-order valence-electron chi connectivity index (χ0n) is 29.0. The fraction of sp³-hybridized carbons (Fsp3) is 0.583. The predicted octanol–water partition coefficient (Wildman–Crippen LogP) is 4.71. The van der Waals surface area contributed by atoms with Gasteiger partial charge in [0.1, 0.15) is 24.0 Å². The van der Waals surface area contributed by atoms with Gasteiger partial charge in [-0.2, -0.15) is 13.2 Å². The molecule has 3 saturated heterocycles. The number of aromatic amines is 2. The van der Waals surface area contributed by atoms with Crippen LogP contribution in [0.25, 0.3) is 16.7 Å². The van der Waals surface area contributed by atoms with Gasteiger partial charge in [0, 0.05) is 113 Å². The van der Waals surface area contributed by atoms with E-state index in [9.17, 15) is 22.8 Å². The Morgan fingerprint density at radius 1 is 1.00 bits per heavy atom. The molecular weight excluding hydrogens is 649 g/mol. The molecule has 2 N–H and O–H groups in total. The fourth-order valence-electron chi connectivity index (χ4n) is 8.49. The third-order valence-electron chi connectivity index (χ3n) is 11.3. The van der Waals surface area contributed by atoms with Crippen molar-refractivity contribution >= 4 is 40.1 Å². The molecule has 0 aliphatic carbocycles. The molecule has 5 atom stereocenters. The van der Waals surface area contributed by atoms with Gasteiger partial charge in [0.2, 0.25) is 5.91 Å². The highest BCUT2D eigenvalue weighted by molar-refractivity contribution is 5.90. The third kappa shape index (κ3) is 6.78. The molecule has 4 aliphatic rings. The predicted molar refractivity (Wildman–Crippen MR) is 186 cm³/mol. The smallest absolute Gasteiger partial charge is 0.369 e. The van der Waals surface area contributed by atoms with Crippen molar-refractivity contribution in [2.45, 2.75) is 63.4 Å². The van der Waals surface area contributed by atoms with Gasteiger partial charge in [-0.25, -0.2) is 4.98 Å². The molecule has 3 aromatic heterocycles. The number of alkyl halides is 3. The molecule has 3 unspecified atom stereocenters. The molecule has 0 aromatic carbocycles. The Hall–Kier alpha value is -4.20. The third-order valence-corrected chi connectivity index (χ3v) is 11.3. The summed E-state index contributed by atoms with van der Waals surface area (Å²) in [5.41, 5.74) is 3.92. The van der Waals surface area contributed by atoms with Gasteiger partial charge in [0.05, 0.1) is 6.04 Å². The van der Waals surface area contributed by atoms with E-state index < -0.39 is 18.5 Å². The van der Waals surface area contributed by atoms with Crippen molar-refractivity contribution in [3.63, 3.8) is 0 Å². The molecule has 0 bridgehead atoms. The molecular formula is C36H47F3N8O3. The second-order valence-corrected chi connectivity index (χ2v) is 14.4. The number of amides is 2. The monoisotopic (exact) mass is 696 g/mol. The first-order valence-corrected chi connectivity index (χ1v) is 17.7. The first kappa shape index (κ1) is 34.3. The summed E-state index contributed by atoms with van der Waals surface area (Å²) >= 11 is 0. The zero-order valence-corrected chi connectivity index (χ0v) is 29.0. The number of pyridine rings is 1. The van der Waals surface area contributed by atoms with Crippen LogP contribution in [0.15, 0.2) is 42.9 Å². The number of halogens is 3. The van der Waals surface area contributed by atoms with Crippen LogP contribution in [-0.2, 0) is 14.3 Å². The lowest BCUT2D eigenvalue weighted by Crippen LogP contribution is -2.57. The number of hydrogen-bond donors (Lipinski definition) is 2. The summed E-state index contributed by atoms with van der Waals surface area (Å²) < 4.78 is 44.9. The summed E-state index contributed by atoms with van der Waals surface area (Å²) in [4.78, 5) is 47.4. The molecule has 7 rings (SSSR count). The van der Waals surface area contributed by atoms with Crippen molar-refractivity contribution in [3.8, 4) is 0 Å². The number of anilines is 2. The number of fused-ring (bicyclic) bond motifs is 2. The summed E-state index contributed by atoms with van der Waals surface area (Å²) in [7, 11) is 4.09. The lowest BCUT2D eigenvalue weighted by atomic mass is 9.88. The molecule has 2 amide bonds. The maximum absolute atomic E-state index is 13.5. The first-order valence-electron chi connectivity index (χ1n) is 17.7. The number of nitrogens with zero attached hydrogens (tertiary/aromatic N) is 6. The van der Waals surface area contributed by atoms with Crippen LogP contribution >= 0.6 is 0 Å². The molecule has 3 aromatic rings. The van der Waals surface area contributed by atoms with Crippen LogP contribution in [0.4, 0.5) is 24.7 Å². The average molecular weight is 697 g/mol. The largest absolute Gasteiger partial charge is 0.397 e. The fourth-order valence-corrected chi connectivity index (χ4v) is 8.49. The number of piperidine rings is 2. The van der Waals surface area contributed by atoms with Gasteiger partial charge in [-0.05, 0) is 55.9 Å². The number of aromatic nitrogens is 3. The van der Waals surface area contributed by atoms with Crippen molar-refractivity contribution < 1.29 is 27.5 Å². The van der Waals surface area contributed by atoms with E-state index in [1.165, 1.54) is 4.90 Å². The highest BCUT2D eigenvalue weighted by Crippen LogP contribution is 2.38. The van der Waals surface area contributed by atoms with E-state index >= 15 is 0 Å². The number of likely N-dealkylation sites (N-methyl/N-ethyl adjacent to an activating group) is 2. The first-order chi connectivity index (χ1) is 24.0. The molecule has 50 heavy (non-hydrogen) atoms. The Labute approximate surface area is 290 Å². The summed E-state index contributed by atoms with van der Waals surface area (Å²) in [6, 6.07) is 6.04. The number of nitrogens with one attached hydrogen (secondary N) is 2. The minimum Gasteiger partial charge on any atom is -0.369 e. The van der Waals surface area contributed by atoms with E-state index in [1.807, 2.05) is 42.7 Å². The van der Waals surface area contributed by atoms with E-state index in [1.54, 1.807) is 0 Å². The summed E-state index contributed by atoms with van der Waals surface area (Å²) in [5.74, 6) is 0.651. The maximum Gasteiger partial charge on any atom is 0.397 e. The van der Waals surface area contributed by atoms with Gasteiger partial charge in [-0.1, -0.05) is 6.92 Å². The van der Waals surface area contributed by atoms with Gasteiger partial charge in [0.15, 0.2) is 0 Å². The Kier molecular flexibility index (Phi) is 9.48. The number of likely N-dealkylation sites (tertiary alicyclic amines) is 2. The molecule has 7 heterocycles. The van der Waals surface area contributed by atoms with Crippen molar-refractivity contribution in [1.82, 2.24) is 29.7 Å². The van der Waals surface area contributed by atoms with Gasteiger partial charge in [-0.15, -0.1) is 0 Å². The van der Waals surface area contributed by atoms with Crippen LogP contribution in [-0.4, -0.2) is 126 Å². The van der Waals surface area contributed by atoms with Crippen LogP contribution in [0, 0.1) is 11.8 Å². The highest BCUT2D eigenvalue weighted by Gasteiger charge is 2.41. The lowest BCUT2D eigenvalue weighted by molar-refractivity contribution is -0.163. The van der Waals surface area contributed by atoms with Gasteiger partial charge < -0.3 is 39.2 Å². The standard InChI is InChI=1S/C36H47F3N8O3/c1-23-9-15-45(32(48)19-36(37,38)39)21-29(23)43(2)28-11-17-46(34-26(28)7-13-42-34)20-24-10-16-47(35(49)31-5-4-18-50-31)22-30(24)44(3)27-8-14-41-33-25(27)6-12-40-33/h6-8,11-14,23-24,29-31,42H,4-5,9-10,15-22H2,1-3H3,(H,40,41)/t23-,24+,29?,30?,31?/m1/s1. The Balaban J connectivity index is 1.10. The molecule has 270 valence electrons. The number of hydrogen-bond acceptors (Lipinski definition) is 7. The summed E-state index contributed by atoms with van der Waals surface area (Å²) in [5, 5.41) is 1.03. The summed E-state index contributed by atoms with van der Waals surface area (Å²) in [6.45, 7) is 6.00. The van der Waals surface area contributed by atoms with Crippen molar-refractivity contribution in [1.29, 1.82) is 0 Å². The number of H-pyrrole nitrogens is 2. The van der Waals surface area contributed by atoms with Gasteiger partial charge in [0.25, 0.3) is 5.91 Å². The van der Waals surface area contributed by atoms with Crippen LogP contribution in [0.2, 0.25) is 0 Å². The molecule has 0 spiro atoms. The number of carbonyl (C=O) groups excluding carboxylic acids is 2. The molecule has 14 heteroatoms. The van der Waals surface area contributed by atoms with E-state index in [2.05, 4.69) is 55.8 Å². The Morgan fingerprint density at radius 2 is 1.78 bits per heavy atom. The second kappa shape index (κ2) is 13.8. The molecule has 3 fully saturated rings. The molecule has 0 saturated carbocycles. The van der Waals surface area contributed by atoms with Crippen LogP contribution in [0.3, 0.4) is 0 Å². The Morgan fingerprint density at radius 3 is 2.56 bits per heavy atom. The quantitative estimate of drug-likeness (QED) is 0.352. The molecule has 11 nitrogen and oxygen atoms in total. The maximum atomic E-state index is 13.5. The summed E-state index contributed by atoms with van der Waals surface area (Å²) in [6.07, 6.45) is 4.68. The molecule has 0 radical (unpaired) electrons. The van der Waals surface area contributed by atoms with Crippen molar-refractivity contribution in [2.75, 3.05) is 69.8 Å². The van der Waals surface area contributed by atoms with E-state index in [4.69, 9.17) is 4.74 Å². The van der Waals surface area contributed by atoms with Crippen LogP contribution in [0.5, 0.6) is 0 Å². The zero-order chi connectivity index (χ0) is 35.2. The minimum absolute atomic E-state index is 0.0318. The number of carbonyl (C=O) groups is 2. The minimum atomic E-state index is -4.52. The lowest BCUT2D eigenvalue weighted by Gasteiger charge is -2.47. The van der Waals surface area contributed by atoms with E-state index in [-0.39, 0.29) is 42.5 Å².